The molecule has 1 amide bonds. The summed E-state index contributed by atoms with van der Waals surface area (Å²) < 4.78 is 7.38. The van der Waals surface area contributed by atoms with E-state index in [0.717, 1.165) is 55.9 Å². The van der Waals surface area contributed by atoms with Gasteiger partial charge in [-0.05, 0) is 31.0 Å². The molecule has 12 nitrogen and oxygen atoms in total. The molecule has 1 saturated heterocycles. The van der Waals surface area contributed by atoms with Crippen molar-refractivity contribution < 1.29 is 14.5 Å². The number of anilines is 2. The predicted molar refractivity (Wildman–Crippen MR) is 143 cm³/mol. The number of thiophene rings is 1. The van der Waals surface area contributed by atoms with Crippen LogP contribution in [0.5, 0.6) is 0 Å². The number of morpholine rings is 1. The largest absolute Gasteiger partial charge is 0.378 e. The van der Waals surface area contributed by atoms with Gasteiger partial charge in [-0.3, -0.25) is 14.9 Å². The minimum atomic E-state index is -0.510. The van der Waals surface area contributed by atoms with Crippen molar-refractivity contribution in [3.05, 3.63) is 51.7 Å². The highest BCUT2D eigenvalue weighted by Gasteiger charge is 2.24. The fourth-order valence-corrected chi connectivity index (χ4v) is 5.67. The van der Waals surface area contributed by atoms with Gasteiger partial charge >= 0.3 is 5.00 Å². The number of fused-ring (bicyclic) bond motifs is 1. The molecule has 4 aromatic rings. The molecule has 0 radical (unpaired) electrons. The Balaban J connectivity index is 1.37. The Morgan fingerprint density at radius 1 is 1.08 bits per heavy atom. The van der Waals surface area contributed by atoms with Crippen LogP contribution in [-0.2, 0) is 4.74 Å². The zero-order valence-corrected chi connectivity index (χ0v) is 21.4. The molecule has 0 unspecified atom stereocenters. The van der Waals surface area contributed by atoms with Gasteiger partial charge in [0.15, 0.2) is 11.5 Å². The lowest BCUT2D eigenvalue weighted by molar-refractivity contribution is -0.380. The van der Waals surface area contributed by atoms with Gasteiger partial charge in [-0.25, -0.2) is 19.6 Å². The summed E-state index contributed by atoms with van der Waals surface area (Å²) >= 11 is 0.818. The Bertz CT molecular complexity index is 1470. The van der Waals surface area contributed by atoms with E-state index in [1.807, 2.05) is 16.8 Å². The molecular weight excluding hydrogens is 508 g/mol. The maximum Gasteiger partial charge on any atom is 0.324 e. The third kappa shape index (κ3) is 4.82. The predicted octanol–water partition coefficient (Wildman–Crippen LogP) is 4.45. The molecule has 0 aromatic carbocycles. The molecule has 6 rings (SSSR count). The summed E-state index contributed by atoms with van der Waals surface area (Å²) in [6, 6.07) is 6.86. The van der Waals surface area contributed by atoms with E-state index in [-0.39, 0.29) is 15.9 Å². The number of nitro groups is 1. The average Bonchev–Trinajstić information content (AvgIpc) is 3.63. The van der Waals surface area contributed by atoms with Crippen molar-refractivity contribution in [3.63, 3.8) is 0 Å². The summed E-state index contributed by atoms with van der Waals surface area (Å²) in [5, 5.41) is 19.1. The SMILES string of the molecule is O=C(Nc1nc(-c2ccc(N3CCOCC3)nc2)nc2c1cnn2C1CCCCC1)c1ccc([N+](=O)[O-])s1. The fourth-order valence-electron chi connectivity index (χ4n) is 4.96. The summed E-state index contributed by atoms with van der Waals surface area (Å²) in [5.74, 6) is 1.12. The summed E-state index contributed by atoms with van der Waals surface area (Å²) in [6.45, 7) is 2.91. The lowest BCUT2D eigenvalue weighted by Gasteiger charge is -2.27. The maximum absolute atomic E-state index is 13.0. The summed E-state index contributed by atoms with van der Waals surface area (Å²) in [6.07, 6.45) is 8.95. The van der Waals surface area contributed by atoms with E-state index in [0.29, 0.717) is 41.5 Å². The highest BCUT2D eigenvalue weighted by Crippen LogP contribution is 2.33. The molecule has 1 aliphatic heterocycles. The number of ether oxygens (including phenoxy) is 1. The molecular formula is C25H26N8O4S. The first-order valence-corrected chi connectivity index (χ1v) is 13.5. The number of amides is 1. The molecule has 1 saturated carbocycles. The van der Waals surface area contributed by atoms with Crippen LogP contribution in [0.3, 0.4) is 0 Å². The number of nitrogens with zero attached hydrogens (tertiary/aromatic N) is 7. The fraction of sp³-hybridized carbons (Fsp3) is 0.400. The first kappa shape index (κ1) is 24.4. The molecule has 13 heteroatoms. The van der Waals surface area contributed by atoms with Gasteiger partial charge in [0.1, 0.15) is 11.6 Å². The first-order valence-electron chi connectivity index (χ1n) is 12.7. The quantitative estimate of drug-likeness (QED) is 0.280. The van der Waals surface area contributed by atoms with Crippen LogP contribution in [0.2, 0.25) is 0 Å². The molecule has 0 atom stereocenters. The lowest BCUT2D eigenvalue weighted by Crippen LogP contribution is -2.36. The Hall–Kier alpha value is -3.97. The molecule has 5 heterocycles. The molecule has 196 valence electrons. The van der Waals surface area contributed by atoms with Gasteiger partial charge in [-0.1, -0.05) is 30.6 Å². The third-order valence-corrected chi connectivity index (χ3v) is 7.98. The van der Waals surface area contributed by atoms with Crippen LogP contribution in [0.1, 0.15) is 47.8 Å². The zero-order valence-electron chi connectivity index (χ0n) is 20.6. The van der Waals surface area contributed by atoms with E-state index in [2.05, 4.69) is 25.3 Å². The number of aromatic nitrogens is 5. The van der Waals surface area contributed by atoms with Crippen LogP contribution >= 0.6 is 11.3 Å². The second-order valence-corrected chi connectivity index (χ2v) is 10.4. The van der Waals surface area contributed by atoms with Crippen LogP contribution in [-0.4, -0.2) is 61.9 Å². The number of hydrogen-bond acceptors (Lipinski definition) is 10. The molecule has 1 N–H and O–H groups in total. The lowest BCUT2D eigenvalue weighted by atomic mass is 9.96. The van der Waals surface area contributed by atoms with Gasteiger partial charge in [0, 0.05) is 30.9 Å². The van der Waals surface area contributed by atoms with Gasteiger partial charge in [-0.15, -0.1) is 0 Å². The molecule has 0 spiro atoms. The number of nitrogens with one attached hydrogen (secondary N) is 1. The van der Waals surface area contributed by atoms with Gasteiger partial charge < -0.3 is 15.0 Å². The molecule has 2 aliphatic rings. The zero-order chi connectivity index (χ0) is 26.1. The Morgan fingerprint density at radius 2 is 1.89 bits per heavy atom. The Labute approximate surface area is 221 Å². The first-order chi connectivity index (χ1) is 18.6. The van der Waals surface area contributed by atoms with Crippen molar-refractivity contribution in [3.8, 4) is 11.4 Å². The van der Waals surface area contributed by atoms with Crippen LogP contribution in [0, 0.1) is 10.1 Å². The molecule has 1 aliphatic carbocycles. The summed E-state index contributed by atoms with van der Waals surface area (Å²) in [7, 11) is 0. The van der Waals surface area contributed by atoms with Gasteiger partial charge in [0.05, 0.1) is 40.6 Å². The molecule has 2 fully saturated rings. The van der Waals surface area contributed by atoms with Crippen LogP contribution in [0.25, 0.3) is 22.4 Å². The van der Waals surface area contributed by atoms with Crippen molar-refractivity contribution >= 4 is 44.9 Å². The van der Waals surface area contributed by atoms with E-state index in [1.165, 1.54) is 18.6 Å². The number of carbonyl (C=O) groups excluding carboxylic acids is 1. The van der Waals surface area contributed by atoms with Gasteiger partial charge in [-0.2, -0.15) is 5.10 Å². The van der Waals surface area contributed by atoms with E-state index >= 15 is 0 Å². The Morgan fingerprint density at radius 3 is 2.61 bits per heavy atom. The van der Waals surface area contributed by atoms with Crippen molar-refractivity contribution in [1.29, 1.82) is 0 Å². The van der Waals surface area contributed by atoms with Crippen LogP contribution < -0.4 is 10.2 Å². The third-order valence-electron chi connectivity index (χ3n) is 6.94. The second kappa shape index (κ2) is 10.4. The number of pyridine rings is 1. The monoisotopic (exact) mass is 534 g/mol. The molecule has 38 heavy (non-hydrogen) atoms. The van der Waals surface area contributed by atoms with Crippen molar-refractivity contribution in [2.45, 2.75) is 38.1 Å². The Kier molecular flexibility index (Phi) is 6.68. The molecule has 0 bridgehead atoms. The number of hydrogen-bond donors (Lipinski definition) is 1. The van der Waals surface area contributed by atoms with E-state index in [1.54, 1.807) is 12.4 Å². The number of carbonyl (C=O) groups is 1. The average molecular weight is 535 g/mol. The van der Waals surface area contributed by atoms with Crippen LogP contribution in [0.15, 0.2) is 36.7 Å². The minimum absolute atomic E-state index is 0.0970. The van der Waals surface area contributed by atoms with Crippen molar-refractivity contribution in [1.82, 2.24) is 24.7 Å². The van der Waals surface area contributed by atoms with Gasteiger partial charge in [0.2, 0.25) is 0 Å². The highest BCUT2D eigenvalue weighted by molar-refractivity contribution is 7.17. The normalized spacial score (nSPS) is 16.6. The summed E-state index contributed by atoms with van der Waals surface area (Å²) in [5.41, 5.74) is 1.36. The van der Waals surface area contributed by atoms with E-state index in [9.17, 15) is 14.9 Å². The van der Waals surface area contributed by atoms with Crippen molar-refractivity contribution in [2.75, 3.05) is 36.5 Å². The number of rotatable bonds is 6. The topological polar surface area (TPSA) is 141 Å². The summed E-state index contributed by atoms with van der Waals surface area (Å²) in [4.78, 5) is 40.2. The maximum atomic E-state index is 13.0. The smallest absolute Gasteiger partial charge is 0.324 e. The second-order valence-electron chi connectivity index (χ2n) is 9.37. The van der Waals surface area contributed by atoms with E-state index in [4.69, 9.17) is 9.72 Å². The van der Waals surface area contributed by atoms with E-state index < -0.39 is 10.8 Å². The van der Waals surface area contributed by atoms with Crippen LogP contribution in [0.4, 0.5) is 16.6 Å². The minimum Gasteiger partial charge on any atom is -0.378 e. The van der Waals surface area contributed by atoms with Gasteiger partial charge in [0.25, 0.3) is 5.91 Å². The standard InChI is InChI=1S/C25H26N8O4S/c34-25(19-7-9-21(38-19)33(35)36)30-23-18-15-27-32(17-4-2-1-3-5-17)24(18)29-22(28-23)16-6-8-20(26-14-16)31-10-12-37-13-11-31/h6-9,14-15,17H,1-5,10-13H2,(H,28,29,30,34). The van der Waals surface area contributed by atoms with Crippen molar-refractivity contribution in [2.24, 2.45) is 0 Å². The highest BCUT2D eigenvalue weighted by atomic mass is 32.1. The molecule has 4 aromatic heterocycles.